The molecule has 0 aliphatic carbocycles. The number of hydrogen-bond acceptors (Lipinski definition) is 7. The van der Waals surface area contributed by atoms with Crippen LogP contribution in [-0.4, -0.2) is 45.6 Å². The Labute approximate surface area is 153 Å². The van der Waals surface area contributed by atoms with E-state index in [-0.39, 0.29) is 17.7 Å². The number of fused-ring (bicyclic) bond motifs is 2. The van der Waals surface area contributed by atoms with E-state index in [1.807, 2.05) is 0 Å². The molecule has 26 heavy (non-hydrogen) atoms. The molecule has 3 heterocycles. The van der Waals surface area contributed by atoms with Gasteiger partial charge < -0.3 is 25.1 Å². The van der Waals surface area contributed by atoms with Crippen LogP contribution < -0.4 is 20.1 Å². The summed E-state index contributed by atoms with van der Waals surface area (Å²) in [6.07, 6.45) is 2.31. The standard InChI is InChI=1S/C16H15ClN6O3/c17-16-22-14(13-15(23-16)20-8-19-13)18-7-12(24)21-9-2-3-10-11(6-9)26-5-1-4-25-10/h2-3,6,8H,1,4-5,7H2,(H,21,24)(H2,18,19,20,22,23). The number of aromatic nitrogens is 4. The number of rotatable bonds is 4. The number of carbonyl (C=O) groups is 1. The molecule has 0 atom stereocenters. The molecule has 0 radical (unpaired) electrons. The predicted molar refractivity (Wildman–Crippen MR) is 95.9 cm³/mol. The number of H-pyrrole nitrogens is 1. The third kappa shape index (κ3) is 3.47. The molecular formula is C16H15ClN6O3. The molecule has 1 aliphatic rings. The first-order chi connectivity index (χ1) is 12.7. The van der Waals surface area contributed by atoms with Gasteiger partial charge in [-0.3, -0.25) is 4.79 Å². The van der Waals surface area contributed by atoms with Crippen LogP contribution in [0.3, 0.4) is 0 Å². The number of nitrogens with one attached hydrogen (secondary N) is 3. The summed E-state index contributed by atoms with van der Waals surface area (Å²) < 4.78 is 11.2. The minimum Gasteiger partial charge on any atom is -0.490 e. The number of benzene rings is 1. The number of imidazole rings is 1. The third-order valence-electron chi connectivity index (χ3n) is 3.71. The van der Waals surface area contributed by atoms with Crippen LogP contribution in [0.25, 0.3) is 11.2 Å². The Morgan fingerprint density at radius 2 is 2.08 bits per heavy atom. The summed E-state index contributed by atoms with van der Waals surface area (Å²) in [7, 11) is 0. The van der Waals surface area contributed by atoms with Gasteiger partial charge in [0.25, 0.3) is 0 Å². The molecule has 0 unspecified atom stereocenters. The molecule has 0 bridgehead atoms. The average Bonchev–Trinajstić information content (AvgIpc) is 2.96. The molecular weight excluding hydrogens is 360 g/mol. The molecule has 4 rings (SSSR count). The van der Waals surface area contributed by atoms with E-state index < -0.39 is 0 Å². The van der Waals surface area contributed by atoms with E-state index in [1.54, 1.807) is 18.2 Å². The highest BCUT2D eigenvalue weighted by atomic mass is 35.5. The van der Waals surface area contributed by atoms with Crippen LogP contribution in [0.1, 0.15) is 6.42 Å². The first-order valence-electron chi connectivity index (χ1n) is 7.99. The fourth-order valence-corrected chi connectivity index (χ4v) is 2.71. The van der Waals surface area contributed by atoms with E-state index in [9.17, 15) is 4.79 Å². The van der Waals surface area contributed by atoms with Crippen LogP contribution >= 0.6 is 11.6 Å². The topological polar surface area (TPSA) is 114 Å². The van der Waals surface area contributed by atoms with Gasteiger partial charge in [-0.25, -0.2) is 4.98 Å². The van der Waals surface area contributed by atoms with Crippen LogP contribution in [0.2, 0.25) is 5.28 Å². The maximum Gasteiger partial charge on any atom is 0.243 e. The first-order valence-corrected chi connectivity index (χ1v) is 8.37. The Bertz CT molecular complexity index is 960. The van der Waals surface area contributed by atoms with Crippen LogP contribution in [0.5, 0.6) is 11.5 Å². The quantitative estimate of drug-likeness (QED) is 0.600. The van der Waals surface area contributed by atoms with Gasteiger partial charge in [-0.05, 0) is 23.7 Å². The van der Waals surface area contributed by atoms with Crippen LogP contribution in [-0.2, 0) is 4.79 Å². The van der Waals surface area contributed by atoms with E-state index in [1.165, 1.54) is 6.33 Å². The molecule has 10 heteroatoms. The lowest BCUT2D eigenvalue weighted by Gasteiger charge is -2.11. The van der Waals surface area contributed by atoms with Crippen molar-refractivity contribution in [2.45, 2.75) is 6.42 Å². The van der Waals surface area contributed by atoms with Crippen molar-refractivity contribution in [1.82, 2.24) is 19.9 Å². The lowest BCUT2D eigenvalue weighted by molar-refractivity contribution is -0.114. The molecule has 0 spiro atoms. The van der Waals surface area contributed by atoms with Crippen LogP contribution in [0, 0.1) is 0 Å². The molecule has 0 fully saturated rings. The summed E-state index contributed by atoms with van der Waals surface area (Å²) in [4.78, 5) is 27.2. The Kier molecular flexibility index (Phi) is 4.44. The van der Waals surface area contributed by atoms with Crippen molar-refractivity contribution in [2.75, 3.05) is 30.4 Å². The first kappa shape index (κ1) is 16.4. The van der Waals surface area contributed by atoms with E-state index in [0.717, 1.165) is 6.42 Å². The van der Waals surface area contributed by atoms with Crippen molar-refractivity contribution in [2.24, 2.45) is 0 Å². The number of nitrogens with zero attached hydrogens (tertiary/aromatic N) is 3. The molecule has 2 aromatic heterocycles. The van der Waals surface area contributed by atoms with E-state index in [4.69, 9.17) is 21.1 Å². The van der Waals surface area contributed by atoms with Crippen molar-refractivity contribution >= 4 is 40.2 Å². The van der Waals surface area contributed by atoms with Crippen LogP contribution in [0.4, 0.5) is 11.5 Å². The number of ether oxygens (including phenoxy) is 2. The van der Waals surface area contributed by atoms with Gasteiger partial charge in [0.2, 0.25) is 11.2 Å². The molecule has 0 saturated carbocycles. The zero-order chi connectivity index (χ0) is 17.9. The maximum absolute atomic E-state index is 12.2. The number of amides is 1. The van der Waals surface area contributed by atoms with E-state index in [2.05, 4.69) is 30.6 Å². The minimum atomic E-state index is -0.248. The smallest absolute Gasteiger partial charge is 0.243 e. The fourth-order valence-electron chi connectivity index (χ4n) is 2.54. The lowest BCUT2D eigenvalue weighted by Crippen LogP contribution is -2.22. The largest absolute Gasteiger partial charge is 0.490 e. The second kappa shape index (κ2) is 7.04. The second-order valence-electron chi connectivity index (χ2n) is 5.56. The van der Waals surface area contributed by atoms with Gasteiger partial charge in [-0.15, -0.1) is 0 Å². The number of hydrogen-bond donors (Lipinski definition) is 3. The molecule has 1 amide bonds. The number of carbonyl (C=O) groups excluding carboxylic acids is 1. The molecule has 3 aromatic rings. The molecule has 0 saturated heterocycles. The van der Waals surface area contributed by atoms with Crippen molar-refractivity contribution in [1.29, 1.82) is 0 Å². The Balaban J connectivity index is 1.42. The van der Waals surface area contributed by atoms with E-state index in [0.29, 0.717) is 47.4 Å². The summed E-state index contributed by atoms with van der Waals surface area (Å²) in [5.74, 6) is 1.46. The monoisotopic (exact) mass is 374 g/mol. The highest BCUT2D eigenvalue weighted by molar-refractivity contribution is 6.28. The zero-order valence-electron chi connectivity index (χ0n) is 13.6. The van der Waals surface area contributed by atoms with E-state index >= 15 is 0 Å². The molecule has 1 aliphatic heterocycles. The molecule has 134 valence electrons. The molecule has 3 N–H and O–H groups in total. The number of halogens is 1. The third-order valence-corrected chi connectivity index (χ3v) is 3.88. The zero-order valence-corrected chi connectivity index (χ0v) is 14.3. The van der Waals surface area contributed by atoms with Crippen molar-refractivity contribution in [3.63, 3.8) is 0 Å². The van der Waals surface area contributed by atoms with Gasteiger partial charge >= 0.3 is 0 Å². The molecule has 1 aromatic carbocycles. The lowest BCUT2D eigenvalue weighted by atomic mass is 10.2. The Hall–Kier alpha value is -3.07. The van der Waals surface area contributed by atoms with Crippen LogP contribution in [0.15, 0.2) is 24.5 Å². The summed E-state index contributed by atoms with van der Waals surface area (Å²) in [6.45, 7) is 1.20. The summed E-state index contributed by atoms with van der Waals surface area (Å²) in [6, 6.07) is 5.29. The highest BCUT2D eigenvalue weighted by Gasteiger charge is 2.13. The van der Waals surface area contributed by atoms with Gasteiger partial charge in [0, 0.05) is 18.2 Å². The minimum absolute atomic E-state index is 0.00406. The second-order valence-corrected chi connectivity index (χ2v) is 5.89. The molecule has 9 nitrogen and oxygen atoms in total. The fraction of sp³-hybridized carbons (Fsp3) is 0.250. The van der Waals surface area contributed by atoms with Crippen molar-refractivity contribution in [3.05, 3.63) is 29.8 Å². The van der Waals surface area contributed by atoms with Gasteiger partial charge in [0.05, 0.1) is 26.1 Å². The predicted octanol–water partition coefficient (Wildman–Crippen LogP) is 2.22. The van der Waals surface area contributed by atoms with Gasteiger partial charge in [-0.2, -0.15) is 9.97 Å². The Morgan fingerprint density at radius 1 is 1.23 bits per heavy atom. The average molecular weight is 375 g/mol. The summed E-state index contributed by atoms with van der Waals surface area (Å²) >= 11 is 5.86. The maximum atomic E-state index is 12.2. The number of aromatic amines is 1. The summed E-state index contributed by atoms with van der Waals surface area (Å²) in [5, 5.41) is 5.78. The highest BCUT2D eigenvalue weighted by Crippen LogP contribution is 2.32. The van der Waals surface area contributed by atoms with Crippen molar-refractivity contribution < 1.29 is 14.3 Å². The van der Waals surface area contributed by atoms with Gasteiger partial charge in [0.15, 0.2) is 23.0 Å². The van der Waals surface area contributed by atoms with Crippen molar-refractivity contribution in [3.8, 4) is 11.5 Å². The van der Waals surface area contributed by atoms with Gasteiger partial charge in [0.1, 0.15) is 5.52 Å². The van der Waals surface area contributed by atoms with Gasteiger partial charge in [-0.1, -0.05) is 0 Å². The SMILES string of the molecule is O=C(CNc1nc(Cl)nc2nc[nH]c12)Nc1ccc2c(c1)OCCCO2. The Morgan fingerprint density at radius 3 is 2.96 bits per heavy atom. The normalized spacial score (nSPS) is 13.3. The summed E-state index contributed by atoms with van der Waals surface area (Å²) in [5.41, 5.74) is 1.63. The number of anilines is 2.